The maximum atomic E-state index is 12.7. The molecule has 3 rings (SSSR count). The summed E-state index contributed by atoms with van der Waals surface area (Å²) in [7, 11) is 0. The quantitative estimate of drug-likeness (QED) is 0.772. The third-order valence-corrected chi connectivity index (χ3v) is 5.18. The van der Waals surface area contributed by atoms with Crippen molar-refractivity contribution in [3.05, 3.63) is 30.3 Å². The molecule has 146 valence electrons. The van der Waals surface area contributed by atoms with Gasteiger partial charge in [-0.15, -0.1) is 0 Å². The molecule has 0 saturated carbocycles. The van der Waals surface area contributed by atoms with Crippen molar-refractivity contribution in [2.45, 2.75) is 26.3 Å². The van der Waals surface area contributed by atoms with Crippen LogP contribution in [0.2, 0.25) is 0 Å². The van der Waals surface area contributed by atoms with E-state index in [-0.39, 0.29) is 36.3 Å². The third-order valence-electron chi connectivity index (χ3n) is 5.18. The van der Waals surface area contributed by atoms with Gasteiger partial charge >= 0.3 is 0 Å². The zero-order valence-corrected chi connectivity index (χ0v) is 16.0. The maximum Gasteiger partial charge on any atom is 0.260 e. The van der Waals surface area contributed by atoms with E-state index in [1.165, 1.54) is 0 Å². The number of nitrogens with zero attached hydrogens (tertiary/aromatic N) is 3. The van der Waals surface area contributed by atoms with E-state index in [4.69, 9.17) is 4.74 Å². The zero-order chi connectivity index (χ0) is 19.4. The molecular formula is C20H27N3O4. The van der Waals surface area contributed by atoms with Crippen LogP contribution in [0.4, 0.5) is 0 Å². The van der Waals surface area contributed by atoms with Crippen LogP contribution in [-0.4, -0.2) is 77.8 Å². The van der Waals surface area contributed by atoms with E-state index in [0.717, 1.165) is 0 Å². The first-order chi connectivity index (χ1) is 13.0. The van der Waals surface area contributed by atoms with Crippen LogP contribution in [0.15, 0.2) is 30.3 Å². The Morgan fingerprint density at radius 1 is 1.07 bits per heavy atom. The number of ether oxygens (including phenoxy) is 1. The van der Waals surface area contributed by atoms with Crippen LogP contribution >= 0.6 is 0 Å². The molecule has 2 saturated heterocycles. The van der Waals surface area contributed by atoms with Crippen molar-refractivity contribution < 1.29 is 19.1 Å². The van der Waals surface area contributed by atoms with Crippen LogP contribution in [0, 0.1) is 5.92 Å². The highest BCUT2D eigenvalue weighted by Crippen LogP contribution is 2.22. The minimum atomic E-state index is -0.261. The molecule has 0 radical (unpaired) electrons. The molecule has 27 heavy (non-hydrogen) atoms. The van der Waals surface area contributed by atoms with Crippen molar-refractivity contribution >= 4 is 17.7 Å². The molecule has 0 aliphatic carbocycles. The van der Waals surface area contributed by atoms with Gasteiger partial charge in [0.05, 0.1) is 5.92 Å². The summed E-state index contributed by atoms with van der Waals surface area (Å²) in [5.41, 5.74) is 0. The van der Waals surface area contributed by atoms with Crippen molar-refractivity contribution in [1.29, 1.82) is 0 Å². The standard InChI is InChI=1S/C20H27N3O4/c1-15(2)23-13-16(12-18(23)24)20(26)22-10-8-21(9-11-22)19(25)14-27-17-6-4-3-5-7-17/h3-7,15-16H,8-14H2,1-2H3. The number of amides is 3. The molecule has 2 aliphatic rings. The average Bonchev–Trinajstić information content (AvgIpc) is 3.08. The van der Waals surface area contributed by atoms with Crippen LogP contribution in [-0.2, 0) is 14.4 Å². The van der Waals surface area contributed by atoms with Gasteiger partial charge in [0.2, 0.25) is 11.8 Å². The second-order valence-electron chi connectivity index (χ2n) is 7.35. The number of likely N-dealkylation sites (tertiary alicyclic amines) is 1. The largest absolute Gasteiger partial charge is 0.484 e. The van der Waals surface area contributed by atoms with Gasteiger partial charge in [-0.25, -0.2) is 0 Å². The van der Waals surface area contributed by atoms with E-state index in [2.05, 4.69) is 0 Å². The van der Waals surface area contributed by atoms with Gasteiger partial charge < -0.3 is 19.4 Å². The van der Waals surface area contributed by atoms with Crippen molar-refractivity contribution in [3.63, 3.8) is 0 Å². The summed E-state index contributed by atoms with van der Waals surface area (Å²) < 4.78 is 5.51. The third kappa shape index (κ3) is 4.59. The number of hydrogen-bond acceptors (Lipinski definition) is 4. The average molecular weight is 373 g/mol. The minimum absolute atomic E-state index is 0.00155. The molecule has 2 fully saturated rings. The zero-order valence-electron chi connectivity index (χ0n) is 16.0. The highest BCUT2D eigenvalue weighted by molar-refractivity contribution is 5.89. The first kappa shape index (κ1) is 19.2. The Bertz CT molecular complexity index is 684. The van der Waals surface area contributed by atoms with E-state index < -0.39 is 0 Å². The van der Waals surface area contributed by atoms with E-state index in [1.54, 1.807) is 14.7 Å². The molecule has 3 amide bonds. The van der Waals surface area contributed by atoms with E-state index in [0.29, 0.717) is 44.9 Å². The minimum Gasteiger partial charge on any atom is -0.484 e. The second kappa shape index (κ2) is 8.41. The number of piperazine rings is 1. The summed E-state index contributed by atoms with van der Waals surface area (Å²) >= 11 is 0. The molecule has 2 heterocycles. The number of benzene rings is 1. The topological polar surface area (TPSA) is 70.2 Å². The normalized spacial score (nSPS) is 20.3. The van der Waals surface area contributed by atoms with Gasteiger partial charge in [-0.2, -0.15) is 0 Å². The molecule has 0 bridgehead atoms. The molecule has 1 aromatic carbocycles. The fourth-order valence-corrected chi connectivity index (χ4v) is 3.58. The molecule has 1 unspecified atom stereocenters. The van der Waals surface area contributed by atoms with Crippen LogP contribution in [0.1, 0.15) is 20.3 Å². The molecule has 1 aromatic rings. The smallest absolute Gasteiger partial charge is 0.260 e. The van der Waals surface area contributed by atoms with Crippen molar-refractivity contribution in [1.82, 2.24) is 14.7 Å². The van der Waals surface area contributed by atoms with Gasteiger partial charge in [-0.05, 0) is 26.0 Å². The highest BCUT2D eigenvalue weighted by Gasteiger charge is 2.38. The lowest BCUT2D eigenvalue weighted by molar-refractivity contribution is -0.142. The van der Waals surface area contributed by atoms with Gasteiger partial charge in [-0.1, -0.05) is 18.2 Å². The number of para-hydroxylation sites is 1. The monoisotopic (exact) mass is 373 g/mol. The van der Waals surface area contributed by atoms with Gasteiger partial charge in [0.1, 0.15) is 5.75 Å². The Labute approximate surface area is 159 Å². The summed E-state index contributed by atoms with van der Waals surface area (Å²) in [4.78, 5) is 42.3. The summed E-state index contributed by atoms with van der Waals surface area (Å²) in [5.74, 6) is 0.408. The summed E-state index contributed by atoms with van der Waals surface area (Å²) in [6, 6.07) is 9.36. The fraction of sp³-hybridized carbons (Fsp3) is 0.550. The van der Waals surface area contributed by atoms with E-state index >= 15 is 0 Å². The van der Waals surface area contributed by atoms with Gasteiger partial charge in [0.15, 0.2) is 6.61 Å². The predicted octanol–water partition coefficient (Wildman–Crippen LogP) is 0.993. The van der Waals surface area contributed by atoms with E-state index in [1.807, 2.05) is 44.2 Å². The first-order valence-corrected chi connectivity index (χ1v) is 9.49. The first-order valence-electron chi connectivity index (χ1n) is 9.49. The van der Waals surface area contributed by atoms with Crippen LogP contribution in [0.3, 0.4) is 0 Å². The molecule has 2 aliphatic heterocycles. The molecule has 0 N–H and O–H groups in total. The molecule has 1 atom stereocenters. The molecule has 0 aromatic heterocycles. The SMILES string of the molecule is CC(C)N1CC(C(=O)N2CCN(C(=O)COc3ccccc3)CC2)CC1=O. The van der Waals surface area contributed by atoms with Crippen LogP contribution < -0.4 is 4.74 Å². The Balaban J connectivity index is 1.45. The van der Waals surface area contributed by atoms with Crippen molar-refractivity contribution in [2.75, 3.05) is 39.3 Å². The number of rotatable bonds is 5. The fourth-order valence-electron chi connectivity index (χ4n) is 3.58. The molecule has 7 nitrogen and oxygen atoms in total. The molecule has 0 spiro atoms. The van der Waals surface area contributed by atoms with Crippen LogP contribution in [0.25, 0.3) is 0 Å². The Morgan fingerprint density at radius 2 is 1.70 bits per heavy atom. The predicted molar refractivity (Wildman–Crippen MR) is 100 cm³/mol. The second-order valence-corrected chi connectivity index (χ2v) is 7.35. The Hall–Kier alpha value is -2.57. The highest BCUT2D eigenvalue weighted by atomic mass is 16.5. The van der Waals surface area contributed by atoms with Crippen molar-refractivity contribution in [3.8, 4) is 5.75 Å². The lowest BCUT2D eigenvalue weighted by Crippen LogP contribution is -2.53. The maximum absolute atomic E-state index is 12.7. The molecule has 7 heteroatoms. The van der Waals surface area contributed by atoms with Crippen LogP contribution in [0.5, 0.6) is 5.75 Å². The summed E-state index contributed by atoms with van der Waals surface area (Å²) in [6.45, 7) is 6.43. The lowest BCUT2D eigenvalue weighted by Gasteiger charge is -2.35. The number of carbonyl (C=O) groups excluding carboxylic acids is 3. The summed E-state index contributed by atoms with van der Waals surface area (Å²) in [5, 5.41) is 0. The van der Waals surface area contributed by atoms with Gasteiger partial charge in [0, 0.05) is 45.2 Å². The number of hydrogen-bond donors (Lipinski definition) is 0. The summed E-state index contributed by atoms with van der Waals surface area (Å²) in [6.07, 6.45) is 0.293. The lowest BCUT2D eigenvalue weighted by atomic mass is 10.1. The van der Waals surface area contributed by atoms with Gasteiger partial charge in [-0.3, -0.25) is 14.4 Å². The Morgan fingerprint density at radius 3 is 2.30 bits per heavy atom. The Kier molecular flexibility index (Phi) is 5.98. The van der Waals surface area contributed by atoms with Gasteiger partial charge in [0.25, 0.3) is 5.91 Å². The van der Waals surface area contributed by atoms with E-state index in [9.17, 15) is 14.4 Å². The number of carbonyl (C=O) groups is 3. The van der Waals surface area contributed by atoms with Crippen molar-refractivity contribution in [2.24, 2.45) is 5.92 Å². The molecular weight excluding hydrogens is 346 g/mol.